The molecule has 1 saturated heterocycles. The normalized spacial score (nSPS) is 16.9. The van der Waals surface area contributed by atoms with Crippen molar-refractivity contribution < 1.29 is 19.0 Å². The Kier molecular flexibility index (Phi) is 8.32. The van der Waals surface area contributed by atoms with E-state index in [4.69, 9.17) is 14.2 Å². The first kappa shape index (κ1) is 23.1. The SMILES string of the molecule is COc1ccc(CN2CCO[C@H](CN(CC(C)C)C(=O)c3ccccc3)C2)cc1OC. The third-order valence-corrected chi connectivity index (χ3v) is 5.39. The molecule has 0 spiro atoms. The summed E-state index contributed by atoms with van der Waals surface area (Å²) in [5, 5.41) is 0. The zero-order valence-electron chi connectivity index (χ0n) is 19.0. The van der Waals surface area contributed by atoms with Gasteiger partial charge in [0.05, 0.1) is 26.9 Å². The number of morpholine rings is 1. The predicted molar refractivity (Wildman–Crippen MR) is 122 cm³/mol. The summed E-state index contributed by atoms with van der Waals surface area (Å²) in [6, 6.07) is 15.5. The van der Waals surface area contributed by atoms with Crippen LogP contribution in [0.1, 0.15) is 29.8 Å². The molecule has 0 unspecified atom stereocenters. The number of methoxy groups -OCH3 is 2. The van der Waals surface area contributed by atoms with Crippen molar-refractivity contribution in [3.05, 3.63) is 59.7 Å². The van der Waals surface area contributed by atoms with Crippen LogP contribution in [-0.2, 0) is 11.3 Å². The maximum Gasteiger partial charge on any atom is 0.253 e. The maximum atomic E-state index is 13.1. The van der Waals surface area contributed by atoms with E-state index in [0.717, 1.165) is 42.3 Å². The molecule has 168 valence electrons. The first-order valence-corrected chi connectivity index (χ1v) is 10.9. The van der Waals surface area contributed by atoms with Gasteiger partial charge in [0.1, 0.15) is 0 Å². The molecule has 6 nitrogen and oxygen atoms in total. The lowest BCUT2D eigenvalue weighted by Crippen LogP contribution is -2.49. The Labute approximate surface area is 185 Å². The van der Waals surface area contributed by atoms with Crippen molar-refractivity contribution >= 4 is 5.91 Å². The molecule has 0 aliphatic carbocycles. The van der Waals surface area contributed by atoms with Crippen molar-refractivity contribution in [1.29, 1.82) is 0 Å². The number of rotatable bonds is 9. The highest BCUT2D eigenvalue weighted by atomic mass is 16.5. The molecular weight excluding hydrogens is 392 g/mol. The van der Waals surface area contributed by atoms with E-state index >= 15 is 0 Å². The molecule has 2 aromatic carbocycles. The molecule has 0 bridgehead atoms. The fourth-order valence-electron chi connectivity index (χ4n) is 3.96. The van der Waals surface area contributed by atoms with Crippen molar-refractivity contribution in [1.82, 2.24) is 9.80 Å². The average Bonchev–Trinajstić information content (AvgIpc) is 2.78. The van der Waals surface area contributed by atoms with Gasteiger partial charge in [0, 0.05) is 38.3 Å². The van der Waals surface area contributed by atoms with Crippen molar-refractivity contribution in [2.45, 2.75) is 26.5 Å². The van der Waals surface area contributed by atoms with E-state index in [0.29, 0.717) is 25.6 Å². The largest absolute Gasteiger partial charge is 0.493 e. The van der Waals surface area contributed by atoms with Crippen LogP contribution in [0.3, 0.4) is 0 Å². The first-order chi connectivity index (χ1) is 15.0. The van der Waals surface area contributed by atoms with Crippen LogP contribution in [0.15, 0.2) is 48.5 Å². The van der Waals surface area contributed by atoms with Gasteiger partial charge in [-0.3, -0.25) is 9.69 Å². The zero-order chi connectivity index (χ0) is 22.2. The third-order valence-electron chi connectivity index (χ3n) is 5.39. The van der Waals surface area contributed by atoms with Gasteiger partial charge in [0.2, 0.25) is 0 Å². The number of carbonyl (C=O) groups is 1. The van der Waals surface area contributed by atoms with Crippen LogP contribution in [0.25, 0.3) is 0 Å². The molecule has 0 N–H and O–H groups in total. The van der Waals surface area contributed by atoms with Crippen LogP contribution in [0.5, 0.6) is 11.5 Å². The Morgan fingerprint density at radius 3 is 2.55 bits per heavy atom. The lowest BCUT2D eigenvalue weighted by atomic mass is 10.1. The second-order valence-corrected chi connectivity index (χ2v) is 8.39. The molecule has 0 saturated carbocycles. The Morgan fingerprint density at radius 2 is 1.87 bits per heavy atom. The third kappa shape index (κ3) is 6.45. The maximum absolute atomic E-state index is 13.1. The van der Waals surface area contributed by atoms with E-state index in [1.165, 1.54) is 0 Å². The van der Waals surface area contributed by atoms with Gasteiger partial charge in [-0.05, 0) is 35.7 Å². The summed E-state index contributed by atoms with van der Waals surface area (Å²) in [5.74, 6) is 1.92. The summed E-state index contributed by atoms with van der Waals surface area (Å²) >= 11 is 0. The van der Waals surface area contributed by atoms with E-state index < -0.39 is 0 Å². The lowest BCUT2D eigenvalue weighted by molar-refractivity contribution is -0.0438. The molecule has 1 atom stereocenters. The smallest absolute Gasteiger partial charge is 0.253 e. The molecule has 0 radical (unpaired) electrons. The number of nitrogens with zero attached hydrogens (tertiary/aromatic N) is 2. The minimum atomic E-state index is -0.0136. The van der Waals surface area contributed by atoms with Crippen molar-refractivity contribution in [2.24, 2.45) is 5.92 Å². The van der Waals surface area contributed by atoms with E-state index in [2.05, 4.69) is 24.8 Å². The van der Waals surface area contributed by atoms with E-state index in [1.807, 2.05) is 47.4 Å². The van der Waals surface area contributed by atoms with E-state index in [-0.39, 0.29) is 12.0 Å². The van der Waals surface area contributed by atoms with Crippen LogP contribution in [-0.4, -0.2) is 68.8 Å². The zero-order valence-corrected chi connectivity index (χ0v) is 19.0. The average molecular weight is 427 g/mol. The van der Waals surface area contributed by atoms with Gasteiger partial charge in [-0.15, -0.1) is 0 Å². The Balaban J connectivity index is 1.65. The Morgan fingerprint density at radius 1 is 1.13 bits per heavy atom. The predicted octanol–water partition coefficient (Wildman–Crippen LogP) is 3.70. The number of amides is 1. The highest BCUT2D eigenvalue weighted by Crippen LogP contribution is 2.28. The summed E-state index contributed by atoms with van der Waals surface area (Å²) in [6.45, 7) is 8.68. The molecule has 2 aromatic rings. The standard InChI is InChI=1S/C25H34N2O4/c1-19(2)15-27(25(28)21-8-6-5-7-9-21)18-22-17-26(12-13-31-22)16-20-10-11-23(29-3)24(14-20)30-4/h5-11,14,19,22H,12-13,15-18H2,1-4H3/t22-/m0/s1. The summed E-state index contributed by atoms with van der Waals surface area (Å²) in [5.41, 5.74) is 1.89. The highest BCUT2D eigenvalue weighted by molar-refractivity contribution is 5.94. The molecule has 31 heavy (non-hydrogen) atoms. The summed E-state index contributed by atoms with van der Waals surface area (Å²) in [6.07, 6.45) is -0.0136. The lowest BCUT2D eigenvalue weighted by Gasteiger charge is -2.36. The topological polar surface area (TPSA) is 51.2 Å². The van der Waals surface area contributed by atoms with Crippen molar-refractivity contribution in [3.63, 3.8) is 0 Å². The van der Waals surface area contributed by atoms with Crippen molar-refractivity contribution in [3.8, 4) is 11.5 Å². The fourth-order valence-corrected chi connectivity index (χ4v) is 3.96. The second-order valence-electron chi connectivity index (χ2n) is 8.39. The number of hydrogen-bond acceptors (Lipinski definition) is 5. The van der Waals surface area contributed by atoms with Crippen LogP contribution < -0.4 is 9.47 Å². The minimum Gasteiger partial charge on any atom is -0.493 e. The Hall–Kier alpha value is -2.57. The quantitative estimate of drug-likeness (QED) is 0.612. The number of ether oxygens (including phenoxy) is 3. The molecule has 6 heteroatoms. The molecule has 3 rings (SSSR count). The number of hydrogen-bond donors (Lipinski definition) is 0. The van der Waals surface area contributed by atoms with Crippen molar-refractivity contribution in [2.75, 3.05) is 47.0 Å². The monoisotopic (exact) mass is 426 g/mol. The molecule has 1 aliphatic rings. The van der Waals surface area contributed by atoms with Crippen LogP contribution in [0.2, 0.25) is 0 Å². The van der Waals surface area contributed by atoms with E-state index in [9.17, 15) is 4.79 Å². The first-order valence-electron chi connectivity index (χ1n) is 10.9. The van der Waals surface area contributed by atoms with Gasteiger partial charge in [0.25, 0.3) is 5.91 Å². The second kappa shape index (κ2) is 11.2. The Bertz CT molecular complexity index is 841. The van der Waals surface area contributed by atoms with Gasteiger partial charge in [-0.2, -0.15) is 0 Å². The van der Waals surface area contributed by atoms with Crippen LogP contribution in [0.4, 0.5) is 0 Å². The van der Waals surface area contributed by atoms with Crippen LogP contribution >= 0.6 is 0 Å². The van der Waals surface area contributed by atoms with Gasteiger partial charge in [0.15, 0.2) is 11.5 Å². The van der Waals surface area contributed by atoms with Gasteiger partial charge < -0.3 is 19.1 Å². The number of benzene rings is 2. The molecule has 1 amide bonds. The van der Waals surface area contributed by atoms with Crippen LogP contribution in [0, 0.1) is 5.92 Å². The molecule has 1 aliphatic heterocycles. The molecule has 0 aromatic heterocycles. The summed E-state index contributed by atoms with van der Waals surface area (Å²) < 4.78 is 16.8. The summed E-state index contributed by atoms with van der Waals surface area (Å²) in [4.78, 5) is 17.4. The molecule has 1 fully saturated rings. The molecular formula is C25H34N2O4. The minimum absolute atomic E-state index is 0.0136. The number of carbonyl (C=O) groups excluding carboxylic acids is 1. The highest BCUT2D eigenvalue weighted by Gasteiger charge is 2.26. The van der Waals surface area contributed by atoms with Gasteiger partial charge in [-0.1, -0.05) is 38.1 Å². The summed E-state index contributed by atoms with van der Waals surface area (Å²) in [7, 11) is 3.29. The fraction of sp³-hybridized carbons (Fsp3) is 0.480. The van der Waals surface area contributed by atoms with Gasteiger partial charge >= 0.3 is 0 Å². The van der Waals surface area contributed by atoms with E-state index in [1.54, 1.807) is 14.2 Å². The molecule has 1 heterocycles. The van der Waals surface area contributed by atoms with Gasteiger partial charge in [-0.25, -0.2) is 0 Å².